The minimum atomic E-state index is -0.752. The zero-order valence-corrected chi connectivity index (χ0v) is 10.9. The van der Waals surface area contributed by atoms with Crippen molar-refractivity contribution in [1.29, 1.82) is 0 Å². The Labute approximate surface area is 110 Å². The molecule has 1 atom stereocenters. The maximum absolute atomic E-state index is 11.1. The summed E-state index contributed by atoms with van der Waals surface area (Å²) >= 11 is 12.2. The average molecular weight is 274 g/mol. The van der Waals surface area contributed by atoms with E-state index in [9.17, 15) is 4.79 Å². The quantitative estimate of drug-likeness (QED) is 0.855. The molecule has 3 nitrogen and oxygen atoms in total. The fourth-order valence-electron chi connectivity index (χ4n) is 2.20. The van der Waals surface area contributed by atoms with E-state index in [1.807, 2.05) is 18.0 Å². The van der Waals surface area contributed by atoms with Crippen LogP contribution < -0.4 is 4.90 Å². The predicted molar refractivity (Wildman–Crippen MR) is 69.2 cm³/mol. The average Bonchev–Trinajstić information content (AvgIpc) is 2.44. The largest absolute Gasteiger partial charge is 0.481 e. The highest BCUT2D eigenvalue weighted by Crippen LogP contribution is 2.38. The lowest BCUT2D eigenvalue weighted by atomic mass is 9.97. The monoisotopic (exact) mass is 273 g/mol. The van der Waals surface area contributed by atoms with Gasteiger partial charge in [-0.1, -0.05) is 29.3 Å². The summed E-state index contributed by atoms with van der Waals surface area (Å²) in [5.41, 5.74) is 1.81. The summed E-state index contributed by atoms with van der Waals surface area (Å²) < 4.78 is 0. The van der Waals surface area contributed by atoms with E-state index in [1.165, 1.54) is 0 Å². The van der Waals surface area contributed by atoms with E-state index >= 15 is 0 Å². The first-order valence-corrected chi connectivity index (χ1v) is 6.17. The van der Waals surface area contributed by atoms with E-state index in [2.05, 4.69) is 0 Å². The number of fused-ring (bicyclic) bond motifs is 1. The van der Waals surface area contributed by atoms with Crippen molar-refractivity contribution < 1.29 is 9.90 Å². The summed E-state index contributed by atoms with van der Waals surface area (Å²) in [6.07, 6.45) is 1.13. The SMILES string of the molecule is CN1CCC(C(=O)O)Cc2ccc(Cl)c(Cl)c21. The van der Waals surface area contributed by atoms with E-state index in [-0.39, 0.29) is 5.92 Å². The zero-order chi connectivity index (χ0) is 12.6. The lowest BCUT2D eigenvalue weighted by Crippen LogP contribution is -2.21. The molecule has 1 N–H and O–H groups in total. The van der Waals surface area contributed by atoms with Crippen LogP contribution in [0.3, 0.4) is 0 Å². The lowest BCUT2D eigenvalue weighted by molar-refractivity contribution is -0.141. The molecule has 0 radical (unpaired) electrons. The van der Waals surface area contributed by atoms with Crippen LogP contribution in [0.2, 0.25) is 10.0 Å². The van der Waals surface area contributed by atoms with Gasteiger partial charge in [0.2, 0.25) is 0 Å². The van der Waals surface area contributed by atoms with Crippen molar-refractivity contribution in [2.24, 2.45) is 5.92 Å². The van der Waals surface area contributed by atoms with Gasteiger partial charge in [-0.3, -0.25) is 4.79 Å². The molecule has 1 aromatic rings. The van der Waals surface area contributed by atoms with Gasteiger partial charge in [0.25, 0.3) is 0 Å². The molecular weight excluding hydrogens is 261 g/mol. The summed E-state index contributed by atoms with van der Waals surface area (Å²) in [6, 6.07) is 3.59. The van der Waals surface area contributed by atoms with Gasteiger partial charge in [-0.2, -0.15) is 0 Å². The molecule has 1 aliphatic rings. The topological polar surface area (TPSA) is 40.5 Å². The normalized spacial score (nSPS) is 19.7. The third-order valence-corrected chi connectivity index (χ3v) is 3.96. The van der Waals surface area contributed by atoms with Crippen LogP contribution >= 0.6 is 23.2 Å². The predicted octanol–water partition coefficient (Wildman–Crippen LogP) is 3.08. The fourth-order valence-corrected chi connectivity index (χ4v) is 2.68. The van der Waals surface area contributed by atoms with E-state index < -0.39 is 5.97 Å². The number of benzene rings is 1. The Bertz CT molecular complexity index is 462. The first-order valence-electron chi connectivity index (χ1n) is 5.41. The molecule has 1 aromatic carbocycles. The molecule has 0 spiro atoms. The van der Waals surface area contributed by atoms with Crippen molar-refractivity contribution in [3.8, 4) is 0 Å². The van der Waals surface area contributed by atoms with Crippen molar-refractivity contribution in [3.63, 3.8) is 0 Å². The number of carbonyl (C=O) groups is 1. The highest BCUT2D eigenvalue weighted by molar-refractivity contribution is 6.43. The molecule has 0 saturated carbocycles. The second kappa shape index (κ2) is 4.75. The Morgan fingerprint density at radius 1 is 1.47 bits per heavy atom. The number of aliphatic carboxylic acids is 1. The maximum atomic E-state index is 11.1. The smallest absolute Gasteiger partial charge is 0.306 e. The number of nitrogens with zero attached hydrogens (tertiary/aromatic N) is 1. The number of carboxylic acids is 1. The van der Waals surface area contributed by atoms with Gasteiger partial charge in [0.1, 0.15) is 0 Å². The molecule has 0 aliphatic carbocycles. The third kappa shape index (κ3) is 2.35. The molecule has 0 amide bonds. The lowest BCUT2D eigenvalue weighted by Gasteiger charge is -2.21. The molecule has 0 fully saturated rings. The highest BCUT2D eigenvalue weighted by Gasteiger charge is 2.26. The summed E-state index contributed by atoms with van der Waals surface area (Å²) in [4.78, 5) is 13.1. The van der Waals surface area contributed by atoms with Gasteiger partial charge >= 0.3 is 5.97 Å². The first-order chi connectivity index (χ1) is 8.00. The van der Waals surface area contributed by atoms with Crippen molar-refractivity contribution in [2.45, 2.75) is 12.8 Å². The molecule has 0 aromatic heterocycles. The molecule has 5 heteroatoms. The van der Waals surface area contributed by atoms with Crippen LogP contribution in [0.4, 0.5) is 5.69 Å². The third-order valence-electron chi connectivity index (χ3n) is 3.16. The van der Waals surface area contributed by atoms with Crippen molar-refractivity contribution in [3.05, 3.63) is 27.7 Å². The van der Waals surface area contributed by atoms with Crippen LogP contribution in [0.15, 0.2) is 12.1 Å². The van der Waals surface area contributed by atoms with Crippen LogP contribution in [-0.4, -0.2) is 24.7 Å². The van der Waals surface area contributed by atoms with E-state index in [1.54, 1.807) is 6.07 Å². The number of hydrogen-bond acceptors (Lipinski definition) is 2. The molecule has 1 unspecified atom stereocenters. The first kappa shape index (κ1) is 12.5. The van der Waals surface area contributed by atoms with Gasteiger partial charge in [-0.15, -0.1) is 0 Å². The zero-order valence-electron chi connectivity index (χ0n) is 9.41. The summed E-state index contributed by atoms with van der Waals surface area (Å²) in [6.45, 7) is 0.671. The fraction of sp³-hybridized carbons (Fsp3) is 0.417. The maximum Gasteiger partial charge on any atom is 0.306 e. The Hall–Kier alpha value is -0.930. The molecule has 1 aliphatic heterocycles. The Balaban J connectivity index is 2.47. The molecule has 0 bridgehead atoms. The van der Waals surface area contributed by atoms with Crippen molar-refractivity contribution in [1.82, 2.24) is 0 Å². The second-order valence-electron chi connectivity index (χ2n) is 4.32. The van der Waals surface area contributed by atoms with Crippen LogP contribution in [0.1, 0.15) is 12.0 Å². The Morgan fingerprint density at radius 3 is 2.82 bits per heavy atom. The van der Waals surface area contributed by atoms with Gasteiger partial charge < -0.3 is 10.0 Å². The van der Waals surface area contributed by atoms with Gasteiger partial charge in [0.15, 0.2) is 0 Å². The second-order valence-corrected chi connectivity index (χ2v) is 5.10. The van der Waals surface area contributed by atoms with E-state index in [0.717, 1.165) is 11.3 Å². The number of halogens is 2. The molecule has 17 heavy (non-hydrogen) atoms. The summed E-state index contributed by atoms with van der Waals surface area (Å²) in [5.74, 6) is -1.10. The highest BCUT2D eigenvalue weighted by atomic mass is 35.5. The van der Waals surface area contributed by atoms with Crippen LogP contribution in [0, 0.1) is 5.92 Å². The van der Waals surface area contributed by atoms with E-state index in [0.29, 0.717) is 29.4 Å². The minimum absolute atomic E-state index is 0.351. The number of carboxylic acid groups (broad SMARTS) is 1. The van der Waals surface area contributed by atoms with Crippen molar-refractivity contribution >= 4 is 34.9 Å². The minimum Gasteiger partial charge on any atom is -0.481 e. The van der Waals surface area contributed by atoms with Gasteiger partial charge in [0, 0.05) is 13.6 Å². The van der Waals surface area contributed by atoms with Crippen LogP contribution in [-0.2, 0) is 11.2 Å². The number of anilines is 1. The van der Waals surface area contributed by atoms with Crippen LogP contribution in [0.5, 0.6) is 0 Å². The number of hydrogen-bond donors (Lipinski definition) is 1. The standard InChI is InChI=1S/C12H13Cl2NO2/c1-15-5-4-8(12(16)17)6-7-2-3-9(13)10(14)11(7)15/h2-3,8H,4-6H2,1H3,(H,16,17). The summed E-state index contributed by atoms with van der Waals surface area (Å²) in [5, 5.41) is 10.1. The number of rotatable bonds is 1. The van der Waals surface area contributed by atoms with Gasteiger partial charge in [0.05, 0.1) is 21.7 Å². The Morgan fingerprint density at radius 2 is 2.18 bits per heavy atom. The van der Waals surface area contributed by atoms with Crippen LogP contribution in [0.25, 0.3) is 0 Å². The molecular formula is C12H13Cl2NO2. The molecule has 1 heterocycles. The van der Waals surface area contributed by atoms with Crippen molar-refractivity contribution in [2.75, 3.05) is 18.5 Å². The van der Waals surface area contributed by atoms with E-state index in [4.69, 9.17) is 28.3 Å². The molecule has 2 rings (SSSR count). The van der Waals surface area contributed by atoms with Gasteiger partial charge in [-0.05, 0) is 24.5 Å². The molecule has 92 valence electrons. The Kier molecular flexibility index (Phi) is 3.50. The van der Waals surface area contributed by atoms with Gasteiger partial charge in [-0.25, -0.2) is 0 Å². The summed E-state index contributed by atoms with van der Waals surface area (Å²) in [7, 11) is 1.91. The molecule has 0 saturated heterocycles.